The lowest BCUT2D eigenvalue weighted by molar-refractivity contribution is 0.293. The molecule has 1 aliphatic rings. The zero-order valence-corrected chi connectivity index (χ0v) is 6.02. The Balaban J connectivity index is 2.37. The Morgan fingerprint density at radius 2 is 2.60 bits per heavy atom. The molecule has 56 valence electrons. The number of rotatable bonds is 2. The topological polar surface area (TPSA) is 3.24 Å². The fraction of sp³-hybridized carbons (Fsp3) is 0.500. The summed E-state index contributed by atoms with van der Waals surface area (Å²) in [5.41, 5.74) is 0. The van der Waals surface area contributed by atoms with Crippen molar-refractivity contribution in [3.8, 4) is 0 Å². The van der Waals surface area contributed by atoms with Gasteiger partial charge >= 0.3 is 0 Å². The van der Waals surface area contributed by atoms with Gasteiger partial charge < -0.3 is 0 Å². The average Bonchev–Trinajstić information content (AvgIpc) is 1.88. The highest BCUT2D eigenvalue weighted by atomic mass is 19.1. The molecule has 0 spiro atoms. The van der Waals surface area contributed by atoms with E-state index in [1.165, 1.54) is 0 Å². The Bertz CT molecular complexity index is 151. The van der Waals surface area contributed by atoms with Crippen molar-refractivity contribution in [3.63, 3.8) is 0 Å². The van der Waals surface area contributed by atoms with Gasteiger partial charge in [0.1, 0.15) is 5.83 Å². The summed E-state index contributed by atoms with van der Waals surface area (Å²) in [6.45, 7) is 5.81. The third kappa shape index (κ3) is 1.95. The molecule has 0 aromatic carbocycles. The van der Waals surface area contributed by atoms with Crippen LogP contribution in [0, 0.1) is 0 Å². The second-order valence-electron chi connectivity index (χ2n) is 2.46. The highest BCUT2D eigenvalue weighted by Crippen LogP contribution is 2.09. The predicted molar refractivity (Wildman–Crippen MR) is 40.4 cm³/mol. The maximum absolute atomic E-state index is 12.5. The van der Waals surface area contributed by atoms with Gasteiger partial charge in [0.05, 0.1) is 6.54 Å². The van der Waals surface area contributed by atoms with Crippen LogP contribution in [0.15, 0.2) is 24.6 Å². The summed E-state index contributed by atoms with van der Waals surface area (Å²) in [4.78, 5) is 2.03. The number of halogens is 1. The third-order valence-corrected chi connectivity index (χ3v) is 1.57. The van der Waals surface area contributed by atoms with Gasteiger partial charge in [0, 0.05) is 13.1 Å². The van der Waals surface area contributed by atoms with E-state index in [0.29, 0.717) is 6.54 Å². The highest BCUT2D eigenvalue weighted by molar-refractivity contribution is 4.99. The van der Waals surface area contributed by atoms with E-state index in [1.807, 2.05) is 4.90 Å². The van der Waals surface area contributed by atoms with E-state index >= 15 is 0 Å². The SMILES string of the molecule is C=CCN1CCC=C(F)C1. The third-order valence-electron chi connectivity index (χ3n) is 1.57. The lowest BCUT2D eigenvalue weighted by Crippen LogP contribution is -2.28. The summed E-state index contributed by atoms with van der Waals surface area (Å²) in [7, 11) is 0. The summed E-state index contributed by atoms with van der Waals surface area (Å²) in [5, 5.41) is 0. The molecule has 10 heavy (non-hydrogen) atoms. The van der Waals surface area contributed by atoms with Crippen molar-refractivity contribution in [2.45, 2.75) is 6.42 Å². The van der Waals surface area contributed by atoms with Gasteiger partial charge in [-0.2, -0.15) is 0 Å². The molecule has 1 rings (SSSR count). The second kappa shape index (κ2) is 3.52. The molecule has 0 radical (unpaired) electrons. The Morgan fingerprint density at radius 3 is 3.20 bits per heavy atom. The van der Waals surface area contributed by atoms with E-state index in [4.69, 9.17) is 0 Å². The molecule has 0 atom stereocenters. The van der Waals surface area contributed by atoms with Crippen LogP contribution in [0.2, 0.25) is 0 Å². The number of hydrogen-bond donors (Lipinski definition) is 0. The van der Waals surface area contributed by atoms with Crippen LogP contribution in [0.1, 0.15) is 6.42 Å². The molecule has 0 unspecified atom stereocenters. The van der Waals surface area contributed by atoms with Crippen molar-refractivity contribution >= 4 is 0 Å². The zero-order valence-electron chi connectivity index (χ0n) is 6.02. The molecule has 0 amide bonds. The van der Waals surface area contributed by atoms with Gasteiger partial charge in [-0.3, -0.25) is 4.90 Å². The molecular formula is C8H12FN. The molecule has 1 nitrogen and oxygen atoms in total. The van der Waals surface area contributed by atoms with Crippen molar-refractivity contribution in [2.24, 2.45) is 0 Å². The first kappa shape index (κ1) is 7.48. The Morgan fingerprint density at radius 1 is 1.80 bits per heavy atom. The largest absolute Gasteiger partial charge is 0.293 e. The Hall–Kier alpha value is -0.630. The number of hydrogen-bond acceptors (Lipinski definition) is 1. The molecule has 0 saturated carbocycles. The molecular weight excluding hydrogens is 129 g/mol. The molecule has 0 aromatic heterocycles. The molecule has 0 aromatic rings. The van der Waals surface area contributed by atoms with E-state index in [1.54, 1.807) is 12.2 Å². The zero-order chi connectivity index (χ0) is 7.40. The summed E-state index contributed by atoms with van der Waals surface area (Å²) in [6, 6.07) is 0. The van der Waals surface area contributed by atoms with E-state index in [-0.39, 0.29) is 5.83 Å². The molecule has 2 heteroatoms. The molecule has 1 heterocycles. The summed E-state index contributed by atoms with van der Waals surface area (Å²) >= 11 is 0. The molecule has 1 aliphatic heterocycles. The quantitative estimate of drug-likeness (QED) is 0.529. The van der Waals surface area contributed by atoms with Crippen LogP contribution in [0.4, 0.5) is 4.39 Å². The van der Waals surface area contributed by atoms with Crippen LogP contribution in [0.5, 0.6) is 0 Å². The normalized spacial score (nSPS) is 20.3. The van der Waals surface area contributed by atoms with Gasteiger partial charge in [-0.1, -0.05) is 12.2 Å². The predicted octanol–water partition coefficient (Wildman–Crippen LogP) is 1.73. The van der Waals surface area contributed by atoms with Crippen molar-refractivity contribution in [1.29, 1.82) is 0 Å². The van der Waals surface area contributed by atoms with Gasteiger partial charge in [-0.15, -0.1) is 6.58 Å². The van der Waals surface area contributed by atoms with Gasteiger partial charge in [0.2, 0.25) is 0 Å². The summed E-state index contributed by atoms with van der Waals surface area (Å²) < 4.78 is 12.5. The summed E-state index contributed by atoms with van der Waals surface area (Å²) in [5.74, 6) is -0.00639. The van der Waals surface area contributed by atoms with Crippen LogP contribution < -0.4 is 0 Å². The van der Waals surface area contributed by atoms with Crippen molar-refractivity contribution in [1.82, 2.24) is 4.90 Å². The molecule has 0 aliphatic carbocycles. The highest BCUT2D eigenvalue weighted by Gasteiger charge is 2.09. The first-order valence-electron chi connectivity index (χ1n) is 3.50. The van der Waals surface area contributed by atoms with E-state index in [0.717, 1.165) is 19.5 Å². The van der Waals surface area contributed by atoms with E-state index < -0.39 is 0 Å². The maximum Gasteiger partial charge on any atom is 0.110 e. The van der Waals surface area contributed by atoms with Crippen LogP contribution in [-0.2, 0) is 0 Å². The van der Waals surface area contributed by atoms with Gasteiger partial charge in [-0.25, -0.2) is 4.39 Å². The lowest BCUT2D eigenvalue weighted by atomic mass is 10.2. The standard InChI is InChI=1S/C8H12FN/c1-2-5-10-6-3-4-8(9)7-10/h2,4H,1,3,5-7H2. The minimum atomic E-state index is -0.00639. The monoisotopic (exact) mass is 141 g/mol. The van der Waals surface area contributed by atoms with Crippen molar-refractivity contribution < 1.29 is 4.39 Å². The minimum absolute atomic E-state index is 0.00639. The van der Waals surface area contributed by atoms with Gasteiger partial charge in [-0.05, 0) is 6.42 Å². The van der Waals surface area contributed by atoms with Crippen LogP contribution in [0.25, 0.3) is 0 Å². The Kier molecular flexibility index (Phi) is 2.63. The maximum atomic E-state index is 12.5. The molecule has 0 bridgehead atoms. The van der Waals surface area contributed by atoms with Gasteiger partial charge in [0.25, 0.3) is 0 Å². The molecule has 0 N–H and O–H groups in total. The Labute approximate surface area is 60.8 Å². The van der Waals surface area contributed by atoms with Crippen LogP contribution in [-0.4, -0.2) is 24.5 Å². The van der Waals surface area contributed by atoms with Crippen LogP contribution >= 0.6 is 0 Å². The lowest BCUT2D eigenvalue weighted by Gasteiger charge is -2.22. The fourth-order valence-corrected chi connectivity index (χ4v) is 1.10. The fourth-order valence-electron chi connectivity index (χ4n) is 1.10. The van der Waals surface area contributed by atoms with Crippen molar-refractivity contribution in [2.75, 3.05) is 19.6 Å². The first-order valence-corrected chi connectivity index (χ1v) is 3.50. The smallest absolute Gasteiger partial charge is 0.110 e. The first-order chi connectivity index (χ1) is 4.83. The second-order valence-corrected chi connectivity index (χ2v) is 2.46. The minimum Gasteiger partial charge on any atom is -0.293 e. The average molecular weight is 141 g/mol. The molecule has 0 fully saturated rings. The van der Waals surface area contributed by atoms with Gasteiger partial charge in [0.15, 0.2) is 0 Å². The molecule has 0 saturated heterocycles. The van der Waals surface area contributed by atoms with Crippen molar-refractivity contribution in [3.05, 3.63) is 24.6 Å². The summed E-state index contributed by atoms with van der Waals surface area (Å²) in [6.07, 6.45) is 4.29. The van der Waals surface area contributed by atoms with E-state index in [9.17, 15) is 4.39 Å². The van der Waals surface area contributed by atoms with E-state index in [2.05, 4.69) is 6.58 Å². The number of nitrogens with zero attached hydrogens (tertiary/aromatic N) is 1. The van der Waals surface area contributed by atoms with Crippen LogP contribution in [0.3, 0.4) is 0 Å².